The lowest BCUT2D eigenvalue weighted by Crippen LogP contribution is -2.37. The average molecular weight is 249 g/mol. The molecule has 96 valence electrons. The second-order valence-electron chi connectivity index (χ2n) is 4.53. The Morgan fingerprint density at radius 2 is 2.06 bits per heavy atom. The Morgan fingerprint density at radius 1 is 1.39 bits per heavy atom. The summed E-state index contributed by atoms with van der Waals surface area (Å²) in [7, 11) is 0. The van der Waals surface area contributed by atoms with E-state index in [0.29, 0.717) is 5.56 Å². The Hall–Kier alpha value is -2.04. The number of phenolic OH excluding ortho intramolecular Hbond substituents is 1. The van der Waals surface area contributed by atoms with E-state index in [1.54, 1.807) is 19.1 Å². The standard InChI is InChI=1S/C13H15NO4/c1-8-3-2-4-10(12(8)17)13(18)14(7-11(15)16)9-5-6-9/h2-4,9,17H,5-7H2,1H3,(H,15,16). The van der Waals surface area contributed by atoms with Crippen LogP contribution in [0.4, 0.5) is 0 Å². The molecule has 1 saturated carbocycles. The predicted octanol–water partition coefficient (Wildman–Crippen LogP) is 1.39. The SMILES string of the molecule is Cc1cccc(C(=O)N(CC(=O)O)C2CC2)c1O. The Kier molecular flexibility index (Phi) is 3.23. The molecule has 2 rings (SSSR count). The fourth-order valence-electron chi connectivity index (χ4n) is 1.88. The van der Waals surface area contributed by atoms with Gasteiger partial charge in [0.15, 0.2) is 0 Å². The summed E-state index contributed by atoms with van der Waals surface area (Å²) < 4.78 is 0. The van der Waals surface area contributed by atoms with Gasteiger partial charge in [-0.05, 0) is 31.4 Å². The summed E-state index contributed by atoms with van der Waals surface area (Å²) in [6.45, 7) is 1.38. The molecule has 0 aliphatic heterocycles. The molecular formula is C13H15NO4. The third-order valence-corrected chi connectivity index (χ3v) is 3.02. The molecule has 5 nitrogen and oxygen atoms in total. The molecule has 1 fully saturated rings. The van der Waals surface area contributed by atoms with E-state index in [1.807, 2.05) is 0 Å². The van der Waals surface area contributed by atoms with E-state index in [2.05, 4.69) is 0 Å². The number of aromatic hydroxyl groups is 1. The van der Waals surface area contributed by atoms with E-state index >= 15 is 0 Å². The molecule has 0 saturated heterocycles. The number of hydrogen-bond acceptors (Lipinski definition) is 3. The molecule has 0 spiro atoms. The average Bonchev–Trinajstić information content (AvgIpc) is 3.12. The van der Waals surface area contributed by atoms with Crippen molar-refractivity contribution in [2.45, 2.75) is 25.8 Å². The summed E-state index contributed by atoms with van der Waals surface area (Å²) in [6.07, 6.45) is 1.65. The quantitative estimate of drug-likeness (QED) is 0.845. The molecule has 0 unspecified atom stereocenters. The first-order valence-corrected chi connectivity index (χ1v) is 5.82. The van der Waals surface area contributed by atoms with E-state index in [0.717, 1.165) is 12.8 Å². The number of rotatable bonds is 4. The number of nitrogens with zero attached hydrogens (tertiary/aromatic N) is 1. The fraction of sp³-hybridized carbons (Fsp3) is 0.385. The number of carbonyl (C=O) groups is 2. The van der Waals surface area contributed by atoms with Gasteiger partial charge in [-0.3, -0.25) is 9.59 Å². The van der Waals surface area contributed by atoms with Gasteiger partial charge >= 0.3 is 5.97 Å². The number of aryl methyl sites for hydroxylation is 1. The van der Waals surface area contributed by atoms with Crippen molar-refractivity contribution >= 4 is 11.9 Å². The molecule has 0 heterocycles. The third kappa shape index (κ3) is 2.45. The first-order chi connectivity index (χ1) is 8.50. The normalized spacial score (nSPS) is 14.3. The van der Waals surface area contributed by atoms with Gasteiger partial charge in [-0.25, -0.2) is 0 Å². The van der Waals surface area contributed by atoms with E-state index in [-0.39, 0.29) is 23.9 Å². The lowest BCUT2D eigenvalue weighted by atomic mass is 10.1. The highest BCUT2D eigenvalue weighted by Crippen LogP contribution is 2.30. The number of para-hydroxylation sites is 1. The molecule has 1 amide bonds. The van der Waals surface area contributed by atoms with Crippen LogP contribution in [0, 0.1) is 6.92 Å². The van der Waals surface area contributed by atoms with Gasteiger partial charge in [0.2, 0.25) is 0 Å². The summed E-state index contributed by atoms with van der Waals surface area (Å²) in [5, 5.41) is 18.7. The molecule has 0 aromatic heterocycles. The second-order valence-corrected chi connectivity index (χ2v) is 4.53. The zero-order valence-corrected chi connectivity index (χ0v) is 10.1. The number of aliphatic carboxylic acids is 1. The van der Waals surface area contributed by atoms with Gasteiger partial charge in [-0.1, -0.05) is 12.1 Å². The van der Waals surface area contributed by atoms with Crippen LogP contribution in [-0.2, 0) is 4.79 Å². The minimum absolute atomic E-state index is 0.00601. The highest BCUT2D eigenvalue weighted by Gasteiger charge is 2.35. The van der Waals surface area contributed by atoms with Crippen LogP contribution < -0.4 is 0 Å². The van der Waals surface area contributed by atoms with Crippen LogP contribution in [-0.4, -0.2) is 39.6 Å². The Labute approximate surface area is 105 Å². The molecule has 0 bridgehead atoms. The van der Waals surface area contributed by atoms with Crippen molar-refractivity contribution in [2.24, 2.45) is 0 Å². The fourth-order valence-corrected chi connectivity index (χ4v) is 1.88. The van der Waals surface area contributed by atoms with Gasteiger partial charge in [-0.2, -0.15) is 0 Å². The molecule has 18 heavy (non-hydrogen) atoms. The predicted molar refractivity (Wildman–Crippen MR) is 64.5 cm³/mol. The Morgan fingerprint density at radius 3 is 2.61 bits per heavy atom. The van der Waals surface area contributed by atoms with Crippen molar-refractivity contribution in [1.82, 2.24) is 4.90 Å². The van der Waals surface area contributed by atoms with Crippen molar-refractivity contribution in [3.8, 4) is 5.75 Å². The molecule has 2 N–H and O–H groups in total. The minimum atomic E-state index is -1.04. The summed E-state index contributed by atoms with van der Waals surface area (Å²) in [6, 6.07) is 4.88. The summed E-state index contributed by atoms with van der Waals surface area (Å²) in [4.78, 5) is 24.3. The van der Waals surface area contributed by atoms with Gasteiger partial charge < -0.3 is 15.1 Å². The lowest BCUT2D eigenvalue weighted by molar-refractivity contribution is -0.137. The van der Waals surface area contributed by atoms with Gasteiger partial charge in [0.05, 0.1) is 5.56 Å². The number of hydrogen-bond donors (Lipinski definition) is 2. The van der Waals surface area contributed by atoms with Crippen LogP contribution in [0.2, 0.25) is 0 Å². The Bertz CT molecular complexity index is 494. The third-order valence-electron chi connectivity index (χ3n) is 3.02. The Balaban J connectivity index is 2.27. The van der Waals surface area contributed by atoms with Crippen molar-refractivity contribution in [3.63, 3.8) is 0 Å². The molecule has 1 aliphatic carbocycles. The van der Waals surface area contributed by atoms with E-state index in [1.165, 1.54) is 11.0 Å². The van der Waals surface area contributed by atoms with Crippen molar-refractivity contribution < 1.29 is 19.8 Å². The van der Waals surface area contributed by atoms with Crippen molar-refractivity contribution in [3.05, 3.63) is 29.3 Å². The number of benzene rings is 1. The minimum Gasteiger partial charge on any atom is -0.507 e. The molecule has 5 heteroatoms. The number of carboxylic acids is 1. The first kappa shape index (κ1) is 12.4. The highest BCUT2D eigenvalue weighted by molar-refractivity contribution is 5.98. The van der Waals surface area contributed by atoms with Crippen LogP contribution in [0.5, 0.6) is 5.75 Å². The molecule has 0 radical (unpaired) electrons. The van der Waals surface area contributed by atoms with Gasteiger partial charge in [-0.15, -0.1) is 0 Å². The molecular weight excluding hydrogens is 234 g/mol. The highest BCUT2D eigenvalue weighted by atomic mass is 16.4. The molecule has 1 aliphatic rings. The topological polar surface area (TPSA) is 77.8 Å². The zero-order chi connectivity index (χ0) is 13.3. The monoisotopic (exact) mass is 249 g/mol. The maximum absolute atomic E-state index is 12.2. The maximum atomic E-state index is 12.2. The zero-order valence-electron chi connectivity index (χ0n) is 10.1. The summed E-state index contributed by atoms with van der Waals surface area (Å²) in [5.41, 5.74) is 0.773. The molecule has 1 aromatic rings. The van der Waals surface area contributed by atoms with Crippen LogP contribution in [0.15, 0.2) is 18.2 Å². The van der Waals surface area contributed by atoms with Gasteiger partial charge in [0.25, 0.3) is 5.91 Å². The van der Waals surface area contributed by atoms with E-state index in [9.17, 15) is 14.7 Å². The van der Waals surface area contributed by atoms with Crippen LogP contribution in [0.1, 0.15) is 28.8 Å². The number of carbonyl (C=O) groups excluding carboxylic acids is 1. The summed E-state index contributed by atoms with van der Waals surface area (Å²) >= 11 is 0. The van der Waals surface area contributed by atoms with E-state index < -0.39 is 11.9 Å². The number of phenols is 1. The van der Waals surface area contributed by atoms with Crippen molar-refractivity contribution in [2.75, 3.05) is 6.54 Å². The number of carboxylic acid groups (broad SMARTS) is 1. The second kappa shape index (κ2) is 4.68. The van der Waals surface area contributed by atoms with Gasteiger partial charge in [0, 0.05) is 6.04 Å². The first-order valence-electron chi connectivity index (χ1n) is 5.82. The van der Waals surface area contributed by atoms with Crippen LogP contribution in [0.25, 0.3) is 0 Å². The largest absolute Gasteiger partial charge is 0.507 e. The van der Waals surface area contributed by atoms with Crippen LogP contribution in [0.3, 0.4) is 0 Å². The van der Waals surface area contributed by atoms with Gasteiger partial charge in [0.1, 0.15) is 12.3 Å². The van der Waals surface area contributed by atoms with Crippen molar-refractivity contribution in [1.29, 1.82) is 0 Å². The lowest BCUT2D eigenvalue weighted by Gasteiger charge is -2.21. The summed E-state index contributed by atoms with van der Waals surface area (Å²) in [5.74, 6) is -1.53. The number of amides is 1. The van der Waals surface area contributed by atoms with E-state index in [4.69, 9.17) is 5.11 Å². The maximum Gasteiger partial charge on any atom is 0.323 e. The molecule has 0 atom stereocenters. The molecule has 1 aromatic carbocycles. The van der Waals surface area contributed by atoms with Crippen LogP contribution >= 0.6 is 0 Å². The smallest absolute Gasteiger partial charge is 0.323 e.